The Hall–Kier alpha value is -1.41. The fourth-order valence-corrected chi connectivity index (χ4v) is 9.68. The van der Waals surface area contributed by atoms with E-state index >= 15 is 0 Å². The maximum atomic E-state index is 12.6. The van der Waals surface area contributed by atoms with Gasteiger partial charge in [-0.2, -0.15) is 0 Å². The summed E-state index contributed by atoms with van der Waals surface area (Å²) in [6.07, 6.45) is 7.76. The summed E-state index contributed by atoms with van der Waals surface area (Å²) in [5.41, 5.74) is -0.714. The van der Waals surface area contributed by atoms with E-state index in [9.17, 15) is 19.5 Å². The molecule has 35 heavy (non-hydrogen) atoms. The first-order valence-corrected chi connectivity index (χ1v) is 13.9. The summed E-state index contributed by atoms with van der Waals surface area (Å²) in [6.45, 7) is 7.38. The fourth-order valence-electron chi connectivity index (χ4n) is 9.08. The number of carbonyl (C=O) groups is 3. The summed E-state index contributed by atoms with van der Waals surface area (Å²) in [6, 6.07) is 0. The highest BCUT2D eigenvalue weighted by Gasteiger charge is 2.71. The molecule has 4 saturated carbocycles. The lowest BCUT2D eigenvalue weighted by atomic mass is 9.43. The van der Waals surface area contributed by atoms with E-state index in [-0.39, 0.29) is 35.3 Å². The van der Waals surface area contributed by atoms with Crippen molar-refractivity contribution in [2.75, 3.05) is 0 Å². The van der Waals surface area contributed by atoms with Crippen molar-refractivity contribution in [3.05, 3.63) is 11.6 Å². The van der Waals surface area contributed by atoms with E-state index in [0.717, 1.165) is 50.5 Å². The summed E-state index contributed by atoms with van der Waals surface area (Å²) in [7, 11) is 0. The van der Waals surface area contributed by atoms with Crippen molar-refractivity contribution in [3.63, 3.8) is 0 Å². The van der Waals surface area contributed by atoms with E-state index in [4.69, 9.17) is 14.2 Å². The van der Waals surface area contributed by atoms with Gasteiger partial charge in [0.05, 0.1) is 5.60 Å². The van der Waals surface area contributed by atoms with Crippen LogP contribution in [0.15, 0.2) is 11.6 Å². The predicted octanol–water partition coefficient (Wildman–Crippen LogP) is 4.44. The van der Waals surface area contributed by atoms with Gasteiger partial charge in [-0.25, -0.2) is 4.79 Å². The summed E-state index contributed by atoms with van der Waals surface area (Å²) in [5.74, 6) is -0.386. The minimum Gasteiger partial charge on any atom is -0.463 e. The lowest BCUT2D eigenvalue weighted by Crippen LogP contribution is -2.62. The van der Waals surface area contributed by atoms with Gasteiger partial charge in [-0.3, -0.25) is 9.59 Å². The van der Waals surface area contributed by atoms with Crippen LogP contribution in [0.1, 0.15) is 79.1 Å². The molecule has 10 atom stereocenters. The highest BCUT2D eigenvalue weighted by atomic mass is 79.9. The number of alkyl halides is 1. The van der Waals surface area contributed by atoms with Crippen LogP contribution in [-0.4, -0.2) is 45.8 Å². The Bertz CT molecular complexity index is 963. The molecule has 8 heteroatoms. The van der Waals surface area contributed by atoms with E-state index in [1.807, 2.05) is 0 Å². The van der Waals surface area contributed by atoms with Crippen molar-refractivity contribution in [1.29, 1.82) is 0 Å². The van der Waals surface area contributed by atoms with E-state index in [2.05, 4.69) is 29.8 Å². The number of carbonyl (C=O) groups excluding carboxylic acids is 3. The van der Waals surface area contributed by atoms with Crippen LogP contribution < -0.4 is 0 Å². The van der Waals surface area contributed by atoms with Gasteiger partial charge in [-0.1, -0.05) is 13.8 Å². The third kappa shape index (κ3) is 3.80. The number of rotatable bonds is 3. The largest absolute Gasteiger partial charge is 0.463 e. The molecule has 1 aliphatic heterocycles. The van der Waals surface area contributed by atoms with Gasteiger partial charge < -0.3 is 19.3 Å². The lowest BCUT2D eigenvalue weighted by Gasteiger charge is -2.63. The van der Waals surface area contributed by atoms with Gasteiger partial charge in [0, 0.05) is 37.7 Å². The minimum absolute atomic E-state index is 0.00835. The molecule has 0 bridgehead atoms. The maximum absolute atomic E-state index is 12.6. The van der Waals surface area contributed by atoms with Crippen LogP contribution in [-0.2, 0) is 28.6 Å². The predicted molar refractivity (Wildman–Crippen MR) is 130 cm³/mol. The standard InChI is InChI=1S/C27H37BrO7/c1-14(29)33-17-7-9-25(3)16(11-17)5-6-20-19(25)8-10-26(4)23(18-12-22(31)35-24(18)28)21(34-15(2)30)13-27(20,26)32/h12,16-17,19-21,23-24,32H,5-11,13H2,1-4H3. The van der Waals surface area contributed by atoms with Crippen LogP contribution >= 0.6 is 15.9 Å². The van der Waals surface area contributed by atoms with E-state index in [1.54, 1.807) is 0 Å². The molecular formula is C27H37BrO7. The average Bonchev–Trinajstić information content (AvgIpc) is 3.18. The van der Waals surface area contributed by atoms with Gasteiger partial charge in [0.1, 0.15) is 12.2 Å². The smallest absolute Gasteiger partial charge is 0.332 e. The molecule has 1 N–H and O–H groups in total. The highest BCUT2D eigenvalue weighted by Crippen LogP contribution is 2.70. The topological polar surface area (TPSA) is 99.1 Å². The van der Waals surface area contributed by atoms with Gasteiger partial charge in [0.2, 0.25) is 0 Å². The molecule has 0 saturated heterocycles. The number of hydrogen-bond acceptors (Lipinski definition) is 7. The van der Waals surface area contributed by atoms with Crippen molar-refractivity contribution in [2.45, 2.75) is 102 Å². The van der Waals surface area contributed by atoms with E-state index in [0.29, 0.717) is 18.3 Å². The summed E-state index contributed by atoms with van der Waals surface area (Å²) in [5, 5.41) is 12.0. The Morgan fingerprint density at radius 2 is 1.77 bits per heavy atom. The molecule has 194 valence electrons. The number of hydrogen-bond donors (Lipinski definition) is 1. The van der Waals surface area contributed by atoms with Crippen LogP contribution in [0.2, 0.25) is 0 Å². The first kappa shape index (κ1) is 25.2. The van der Waals surface area contributed by atoms with Crippen molar-refractivity contribution in [3.8, 4) is 0 Å². The summed E-state index contributed by atoms with van der Waals surface area (Å²) in [4.78, 5) is 35.7. The Kier molecular flexibility index (Phi) is 6.18. The second-order valence-corrected chi connectivity index (χ2v) is 12.9. The van der Waals surface area contributed by atoms with Gasteiger partial charge in [0.15, 0.2) is 5.01 Å². The Morgan fingerprint density at radius 3 is 2.40 bits per heavy atom. The van der Waals surface area contributed by atoms with Crippen LogP contribution in [0.25, 0.3) is 0 Å². The molecule has 1 heterocycles. The minimum atomic E-state index is -1.01. The molecule has 0 aromatic rings. The second-order valence-electron chi connectivity index (χ2n) is 12.1. The Balaban J connectivity index is 1.47. The SMILES string of the molecule is CC(=O)OC1CCC2(C)C(CCC3C2CCC2(C)C(C4=CC(=O)OC4Br)C(OC(C)=O)CC32O)C1. The molecule has 5 rings (SSSR count). The third-order valence-electron chi connectivity index (χ3n) is 10.6. The number of esters is 3. The zero-order valence-electron chi connectivity index (χ0n) is 21.1. The second kappa shape index (κ2) is 8.57. The molecule has 0 spiro atoms. The van der Waals surface area contributed by atoms with Crippen molar-refractivity contribution < 1.29 is 33.7 Å². The molecule has 5 aliphatic rings. The number of halogens is 1. The van der Waals surface area contributed by atoms with Crippen LogP contribution in [0.5, 0.6) is 0 Å². The van der Waals surface area contributed by atoms with E-state index < -0.39 is 28.1 Å². The van der Waals surface area contributed by atoms with Gasteiger partial charge in [-0.05, 0) is 89.6 Å². The normalized spacial score (nSPS) is 48.7. The Labute approximate surface area is 215 Å². The molecule has 4 aliphatic carbocycles. The van der Waals surface area contributed by atoms with Crippen molar-refractivity contribution >= 4 is 33.8 Å². The summed E-state index contributed by atoms with van der Waals surface area (Å²) >= 11 is 3.48. The third-order valence-corrected chi connectivity index (χ3v) is 11.3. The monoisotopic (exact) mass is 552 g/mol. The first-order valence-electron chi connectivity index (χ1n) is 13.0. The molecular weight excluding hydrogens is 516 g/mol. The van der Waals surface area contributed by atoms with Crippen LogP contribution in [0, 0.1) is 34.5 Å². The maximum Gasteiger partial charge on any atom is 0.332 e. The summed E-state index contributed by atoms with van der Waals surface area (Å²) < 4.78 is 16.8. The quantitative estimate of drug-likeness (QED) is 0.314. The van der Waals surface area contributed by atoms with Crippen LogP contribution in [0.4, 0.5) is 0 Å². The molecule has 0 radical (unpaired) electrons. The zero-order chi connectivity index (χ0) is 25.3. The first-order chi connectivity index (χ1) is 16.4. The van der Waals surface area contributed by atoms with Gasteiger partial charge >= 0.3 is 17.9 Å². The molecule has 10 unspecified atom stereocenters. The number of fused-ring (bicyclic) bond motifs is 5. The Morgan fingerprint density at radius 1 is 1.06 bits per heavy atom. The van der Waals surface area contributed by atoms with Gasteiger partial charge in [0.25, 0.3) is 0 Å². The van der Waals surface area contributed by atoms with Gasteiger partial charge in [-0.15, -0.1) is 0 Å². The number of aliphatic hydroxyl groups is 1. The zero-order valence-corrected chi connectivity index (χ0v) is 22.6. The average molecular weight is 553 g/mol. The number of ether oxygens (including phenoxy) is 3. The molecule has 7 nitrogen and oxygen atoms in total. The molecule has 0 aromatic carbocycles. The molecule has 0 amide bonds. The molecule has 0 aromatic heterocycles. The molecule has 4 fully saturated rings. The van der Waals surface area contributed by atoms with Crippen molar-refractivity contribution in [2.24, 2.45) is 34.5 Å². The van der Waals surface area contributed by atoms with E-state index in [1.165, 1.54) is 19.9 Å². The van der Waals surface area contributed by atoms with Crippen LogP contribution in [0.3, 0.4) is 0 Å². The van der Waals surface area contributed by atoms with Crippen molar-refractivity contribution in [1.82, 2.24) is 0 Å². The number of cyclic esters (lactones) is 1. The highest BCUT2D eigenvalue weighted by molar-refractivity contribution is 9.09. The fraction of sp³-hybridized carbons (Fsp3) is 0.815. The lowest BCUT2D eigenvalue weighted by molar-refractivity contribution is -0.210.